The highest BCUT2D eigenvalue weighted by atomic mass is 16.5. The number of Topliss-reactive ketones (excluding diaryl/α,β-unsaturated/α-hetero) is 1. The van der Waals surface area contributed by atoms with Gasteiger partial charge < -0.3 is 14.4 Å². The number of hydrogen-bond donors (Lipinski definition) is 0. The Morgan fingerprint density at radius 3 is 2.15 bits per heavy atom. The minimum absolute atomic E-state index is 0.0556. The van der Waals surface area contributed by atoms with Gasteiger partial charge in [-0.25, -0.2) is 0 Å². The molecule has 1 saturated heterocycles. The van der Waals surface area contributed by atoms with Gasteiger partial charge in [-0.2, -0.15) is 0 Å². The Morgan fingerprint density at radius 2 is 1.59 bits per heavy atom. The quantitative estimate of drug-likeness (QED) is 0.620. The van der Waals surface area contributed by atoms with E-state index in [4.69, 9.17) is 9.47 Å². The van der Waals surface area contributed by atoms with Crippen LogP contribution < -0.4 is 9.47 Å². The lowest BCUT2D eigenvalue weighted by atomic mass is 10.0. The third-order valence-electron chi connectivity index (χ3n) is 5.40. The molecule has 0 atom stereocenters. The van der Waals surface area contributed by atoms with Crippen LogP contribution in [0.5, 0.6) is 11.5 Å². The number of nitrogens with zero attached hydrogens (tertiary/aromatic N) is 2. The summed E-state index contributed by atoms with van der Waals surface area (Å²) in [7, 11) is 3.10. The third-order valence-corrected chi connectivity index (χ3v) is 5.40. The summed E-state index contributed by atoms with van der Waals surface area (Å²) in [4.78, 5) is 29.3. The van der Waals surface area contributed by atoms with E-state index < -0.39 is 0 Å². The van der Waals surface area contributed by atoms with Crippen molar-refractivity contribution in [3.8, 4) is 11.5 Å². The molecule has 0 bridgehead atoms. The predicted molar refractivity (Wildman–Crippen MR) is 106 cm³/mol. The van der Waals surface area contributed by atoms with Crippen molar-refractivity contribution in [2.75, 3.05) is 40.4 Å². The molecule has 0 saturated carbocycles. The number of piperazine rings is 1. The number of hydrogen-bond acceptors (Lipinski definition) is 5. The Balaban J connectivity index is 1.84. The highest BCUT2D eigenvalue weighted by Crippen LogP contribution is 2.28. The van der Waals surface area contributed by atoms with Gasteiger partial charge in [-0.1, -0.05) is 13.8 Å². The Hall–Kier alpha value is -2.08. The Bertz CT molecular complexity index is 635. The first kappa shape index (κ1) is 21.2. The molecule has 1 amide bonds. The van der Waals surface area contributed by atoms with E-state index in [0.29, 0.717) is 23.1 Å². The first-order chi connectivity index (χ1) is 13.0. The molecule has 1 heterocycles. The second-order valence-corrected chi connectivity index (χ2v) is 6.88. The average molecular weight is 376 g/mol. The largest absolute Gasteiger partial charge is 0.493 e. The molecule has 0 unspecified atom stereocenters. The maximum Gasteiger partial charge on any atom is 0.223 e. The minimum atomic E-state index is -0.0556. The molecule has 1 aromatic rings. The molecule has 1 fully saturated rings. The molecule has 0 aliphatic carbocycles. The normalized spacial score (nSPS) is 15.1. The molecule has 0 spiro atoms. The molecule has 1 aliphatic rings. The van der Waals surface area contributed by atoms with Crippen LogP contribution in [-0.4, -0.2) is 67.9 Å². The van der Waals surface area contributed by atoms with Crippen LogP contribution in [0.1, 0.15) is 49.9 Å². The number of ketones is 1. The van der Waals surface area contributed by atoms with Gasteiger partial charge in [-0.15, -0.1) is 0 Å². The van der Waals surface area contributed by atoms with E-state index in [9.17, 15) is 9.59 Å². The van der Waals surface area contributed by atoms with Crippen molar-refractivity contribution in [3.63, 3.8) is 0 Å². The molecule has 0 radical (unpaired) electrons. The number of benzene rings is 1. The van der Waals surface area contributed by atoms with Gasteiger partial charge in [0.1, 0.15) is 0 Å². The van der Waals surface area contributed by atoms with E-state index in [-0.39, 0.29) is 24.5 Å². The number of carbonyl (C=O) groups excluding carboxylic acids is 2. The van der Waals surface area contributed by atoms with Crippen LogP contribution in [0.15, 0.2) is 18.2 Å². The van der Waals surface area contributed by atoms with E-state index in [1.165, 1.54) is 7.11 Å². The summed E-state index contributed by atoms with van der Waals surface area (Å²) in [5, 5.41) is 0. The summed E-state index contributed by atoms with van der Waals surface area (Å²) in [5.74, 6) is 1.11. The first-order valence-electron chi connectivity index (χ1n) is 9.81. The number of methoxy groups -OCH3 is 2. The van der Waals surface area contributed by atoms with Gasteiger partial charge in [0, 0.05) is 50.6 Å². The van der Waals surface area contributed by atoms with Crippen molar-refractivity contribution in [1.29, 1.82) is 0 Å². The van der Waals surface area contributed by atoms with Crippen LogP contribution in [0.3, 0.4) is 0 Å². The van der Waals surface area contributed by atoms with Gasteiger partial charge in [0.25, 0.3) is 0 Å². The molecule has 1 aromatic carbocycles. The molecule has 0 aromatic heterocycles. The summed E-state index contributed by atoms with van der Waals surface area (Å²) in [5.41, 5.74) is 0.541. The minimum Gasteiger partial charge on any atom is -0.493 e. The summed E-state index contributed by atoms with van der Waals surface area (Å²) < 4.78 is 10.4. The zero-order valence-corrected chi connectivity index (χ0v) is 17.0. The van der Waals surface area contributed by atoms with E-state index in [2.05, 4.69) is 18.7 Å². The molecule has 0 N–H and O–H groups in total. The maximum absolute atomic E-state index is 12.5. The Morgan fingerprint density at radius 1 is 0.963 bits per heavy atom. The fourth-order valence-corrected chi connectivity index (χ4v) is 3.67. The van der Waals surface area contributed by atoms with Crippen LogP contribution in [0.25, 0.3) is 0 Å². The molecular weight excluding hydrogens is 344 g/mol. The molecule has 2 rings (SSSR count). The van der Waals surface area contributed by atoms with E-state index in [1.807, 2.05) is 4.90 Å². The summed E-state index contributed by atoms with van der Waals surface area (Å²) in [6.45, 7) is 7.76. The molecule has 27 heavy (non-hydrogen) atoms. The zero-order chi connectivity index (χ0) is 19.8. The van der Waals surface area contributed by atoms with Gasteiger partial charge in [0.2, 0.25) is 5.91 Å². The molecule has 6 heteroatoms. The van der Waals surface area contributed by atoms with Gasteiger partial charge in [-0.3, -0.25) is 14.5 Å². The van der Waals surface area contributed by atoms with E-state index in [0.717, 1.165) is 39.0 Å². The summed E-state index contributed by atoms with van der Waals surface area (Å²) >= 11 is 0. The summed E-state index contributed by atoms with van der Waals surface area (Å²) in [6, 6.07) is 5.70. The van der Waals surface area contributed by atoms with Crippen molar-refractivity contribution >= 4 is 11.7 Å². The third kappa shape index (κ3) is 5.45. The van der Waals surface area contributed by atoms with E-state index in [1.54, 1.807) is 25.3 Å². The van der Waals surface area contributed by atoms with Gasteiger partial charge in [0.05, 0.1) is 14.2 Å². The second-order valence-electron chi connectivity index (χ2n) is 6.88. The van der Waals surface area contributed by atoms with Gasteiger partial charge in [-0.05, 0) is 31.0 Å². The highest BCUT2D eigenvalue weighted by molar-refractivity contribution is 5.98. The number of rotatable bonds is 9. The van der Waals surface area contributed by atoms with Crippen LogP contribution >= 0.6 is 0 Å². The predicted octanol–water partition coefficient (Wildman–Crippen LogP) is 3.00. The monoisotopic (exact) mass is 376 g/mol. The summed E-state index contributed by atoms with van der Waals surface area (Å²) in [6.07, 6.45) is 2.74. The van der Waals surface area contributed by atoms with Crippen molar-refractivity contribution in [3.05, 3.63) is 23.8 Å². The highest BCUT2D eigenvalue weighted by Gasteiger charge is 2.24. The molecule has 6 nitrogen and oxygen atoms in total. The van der Waals surface area contributed by atoms with Gasteiger partial charge >= 0.3 is 0 Å². The van der Waals surface area contributed by atoms with Gasteiger partial charge in [0.15, 0.2) is 17.3 Å². The lowest BCUT2D eigenvalue weighted by Gasteiger charge is -2.38. The topological polar surface area (TPSA) is 59.1 Å². The lowest BCUT2D eigenvalue weighted by Crippen LogP contribution is -2.51. The van der Waals surface area contributed by atoms with Crippen LogP contribution in [-0.2, 0) is 4.79 Å². The van der Waals surface area contributed by atoms with Crippen molar-refractivity contribution in [2.45, 2.75) is 45.6 Å². The average Bonchev–Trinajstić information content (AvgIpc) is 2.72. The Kier molecular flexibility index (Phi) is 8.10. The molecular formula is C21H32N2O4. The van der Waals surface area contributed by atoms with Crippen LogP contribution in [0.4, 0.5) is 0 Å². The first-order valence-corrected chi connectivity index (χ1v) is 9.81. The SMILES string of the molecule is CCC(CC)N1CCN(C(=O)CCC(=O)c2ccc(OC)c(OC)c2)CC1. The van der Waals surface area contributed by atoms with Crippen molar-refractivity contribution in [2.24, 2.45) is 0 Å². The van der Waals surface area contributed by atoms with E-state index >= 15 is 0 Å². The smallest absolute Gasteiger partial charge is 0.223 e. The number of amides is 1. The lowest BCUT2D eigenvalue weighted by molar-refractivity contribution is -0.133. The zero-order valence-electron chi connectivity index (χ0n) is 17.0. The van der Waals surface area contributed by atoms with Crippen LogP contribution in [0.2, 0.25) is 0 Å². The second kappa shape index (κ2) is 10.3. The fraction of sp³-hybridized carbons (Fsp3) is 0.619. The molecule has 150 valence electrons. The molecule has 1 aliphatic heterocycles. The Labute approximate surface area is 162 Å². The number of carbonyl (C=O) groups is 2. The van der Waals surface area contributed by atoms with Crippen LogP contribution in [0, 0.1) is 0 Å². The fourth-order valence-electron chi connectivity index (χ4n) is 3.67. The van der Waals surface area contributed by atoms with Crippen molar-refractivity contribution < 1.29 is 19.1 Å². The van der Waals surface area contributed by atoms with Crippen molar-refractivity contribution in [1.82, 2.24) is 9.80 Å². The standard InChI is InChI=1S/C21H32N2O4/c1-5-17(6-2)22-11-13-23(14-12-22)21(25)10-8-18(24)16-7-9-19(26-3)20(15-16)27-4/h7,9,15,17H,5-6,8,10-14H2,1-4H3. The number of ether oxygens (including phenoxy) is 2. The maximum atomic E-state index is 12.5.